The molecule has 1 aromatic heterocycles. The molecule has 1 aliphatic carbocycles. The number of phenolic OH excluding ortho intramolecular Hbond substituents is 1. The summed E-state index contributed by atoms with van der Waals surface area (Å²) in [6.07, 6.45) is 2.47. The van der Waals surface area contributed by atoms with Gasteiger partial charge in [-0.2, -0.15) is 0 Å². The minimum absolute atomic E-state index is 0.0137. The molecule has 0 radical (unpaired) electrons. The molecular weight excluding hydrogens is 456 g/mol. The average Bonchev–Trinajstić information content (AvgIpc) is 2.89. The standard InChI is InChI=1S/C28H32N4O4/c1-32(21-5-3-2-4-6-21)16-15-27(36)30-20-9-7-19(8-10-20)17-29-18-25(34)22-11-13-24(33)28-23(22)12-14-26(35)31-28/h7-14,21,25,29,33-34H,3,5-6,15-18H2,1H3,(H,30,36)(H,31,35)/t21?,25-/m0/s1. The zero-order valence-corrected chi connectivity index (χ0v) is 20.4. The second-order valence-electron chi connectivity index (χ2n) is 9.16. The Labute approximate surface area is 210 Å². The molecule has 0 fully saturated rings. The summed E-state index contributed by atoms with van der Waals surface area (Å²) in [6.45, 7) is 1.53. The highest BCUT2D eigenvalue weighted by Gasteiger charge is 2.16. The molecule has 1 heterocycles. The lowest BCUT2D eigenvalue weighted by molar-refractivity contribution is -0.116. The van der Waals surface area contributed by atoms with E-state index >= 15 is 0 Å². The summed E-state index contributed by atoms with van der Waals surface area (Å²) in [5, 5.41) is 27.5. The first-order valence-electron chi connectivity index (χ1n) is 12.2. The maximum absolute atomic E-state index is 12.4. The number of aliphatic hydroxyl groups excluding tert-OH is 1. The summed E-state index contributed by atoms with van der Waals surface area (Å²) in [7, 11) is 2.05. The number of nitrogens with one attached hydrogen (secondary N) is 3. The maximum atomic E-state index is 12.4. The molecule has 3 aromatic rings. The number of anilines is 1. The van der Waals surface area contributed by atoms with E-state index in [9.17, 15) is 19.8 Å². The highest BCUT2D eigenvalue weighted by molar-refractivity contribution is 5.90. The van der Waals surface area contributed by atoms with Crippen LogP contribution >= 0.6 is 0 Å². The lowest BCUT2D eigenvalue weighted by Crippen LogP contribution is -2.34. The van der Waals surface area contributed by atoms with Gasteiger partial charge in [0.15, 0.2) is 0 Å². The third-order valence-corrected chi connectivity index (χ3v) is 6.55. The van der Waals surface area contributed by atoms with Crippen LogP contribution in [0.3, 0.4) is 0 Å². The fraction of sp³-hybridized carbons (Fsp3) is 0.357. The van der Waals surface area contributed by atoms with Gasteiger partial charge in [0.2, 0.25) is 11.5 Å². The van der Waals surface area contributed by atoms with E-state index in [-0.39, 0.29) is 23.8 Å². The largest absolute Gasteiger partial charge is 0.506 e. The summed E-state index contributed by atoms with van der Waals surface area (Å²) in [4.78, 5) is 28.8. The van der Waals surface area contributed by atoms with Crippen molar-refractivity contribution in [1.82, 2.24) is 15.2 Å². The Hall–Kier alpha value is -3.64. The number of carbonyl (C=O) groups excluding carboxylic acids is 1. The van der Waals surface area contributed by atoms with Crippen LogP contribution in [-0.2, 0) is 11.3 Å². The van der Waals surface area contributed by atoms with E-state index in [4.69, 9.17) is 0 Å². The maximum Gasteiger partial charge on any atom is 0.248 e. The molecule has 0 aliphatic heterocycles. The quantitative estimate of drug-likeness (QED) is 0.280. The minimum atomic E-state index is -0.823. The Bertz CT molecular complexity index is 1320. The van der Waals surface area contributed by atoms with Gasteiger partial charge in [-0.15, -0.1) is 11.8 Å². The van der Waals surface area contributed by atoms with Gasteiger partial charge in [0.1, 0.15) is 5.75 Å². The Balaban J connectivity index is 1.24. The SMILES string of the molecule is CN(CCC(=O)Nc1ccc(CNC[C@H](O)c2ccc(O)c3[nH]c(=O)ccc23)cc1)C1CC#CCC1. The van der Waals surface area contributed by atoms with Crippen LogP contribution in [0, 0.1) is 11.8 Å². The molecule has 8 nitrogen and oxygen atoms in total. The van der Waals surface area contributed by atoms with Crippen molar-refractivity contribution >= 4 is 22.5 Å². The van der Waals surface area contributed by atoms with Crippen LogP contribution in [0.15, 0.2) is 53.3 Å². The second kappa shape index (κ2) is 11.9. The molecule has 2 atom stereocenters. The number of aliphatic hydroxyl groups is 1. The molecule has 1 unspecified atom stereocenters. The van der Waals surface area contributed by atoms with Crippen molar-refractivity contribution in [2.45, 2.75) is 44.4 Å². The molecule has 2 aromatic carbocycles. The summed E-state index contributed by atoms with van der Waals surface area (Å²) in [5.41, 5.74) is 2.38. The lowest BCUT2D eigenvalue weighted by Gasteiger charge is -2.27. The molecule has 1 amide bonds. The molecule has 8 heteroatoms. The number of nitrogens with zero attached hydrogens (tertiary/aromatic N) is 1. The highest BCUT2D eigenvalue weighted by atomic mass is 16.3. The molecule has 1 aliphatic rings. The van der Waals surface area contributed by atoms with Gasteiger partial charge >= 0.3 is 0 Å². The van der Waals surface area contributed by atoms with Gasteiger partial charge in [-0.05, 0) is 48.9 Å². The van der Waals surface area contributed by atoms with Crippen LogP contribution in [0.25, 0.3) is 10.9 Å². The number of H-pyrrole nitrogens is 1. The first kappa shape index (κ1) is 25.5. The van der Waals surface area contributed by atoms with Gasteiger partial charge < -0.3 is 30.7 Å². The van der Waals surface area contributed by atoms with Crippen LogP contribution in [0.5, 0.6) is 5.75 Å². The number of fused-ring (bicyclic) bond motifs is 1. The van der Waals surface area contributed by atoms with Crippen LogP contribution in [0.1, 0.15) is 42.9 Å². The lowest BCUT2D eigenvalue weighted by atomic mass is 10.0. The molecule has 5 N–H and O–H groups in total. The van der Waals surface area contributed by atoms with Gasteiger partial charge in [0.05, 0.1) is 11.6 Å². The monoisotopic (exact) mass is 488 g/mol. The molecular formula is C28H32N4O4. The van der Waals surface area contributed by atoms with Crippen molar-refractivity contribution in [3.8, 4) is 17.6 Å². The van der Waals surface area contributed by atoms with E-state index in [1.54, 1.807) is 12.1 Å². The van der Waals surface area contributed by atoms with Crippen molar-refractivity contribution in [3.63, 3.8) is 0 Å². The summed E-state index contributed by atoms with van der Waals surface area (Å²) in [5.74, 6) is 6.22. The zero-order chi connectivity index (χ0) is 25.5. The number of rotatable bonds is 10. The van der Waals surface area contributed by atoms with Crippen molar-refractivity contribution in [3.05, 3.63) is 70.0 Å². The third-order valence-electron chi connectivity index (χ3n) is 6.55. The number of aromatic amines is 1. The number of hydrogen-bond acceptors (Lipinski definition) is 6. The first-order valence-corrected chi connectivity index (χ1v) is 12.2. The summed E-state index contributed by atoms with van der Waals surface area (Å²) in [6, 6.07) is 14.1. The van der Waals surface area contributed by atoms with Gasteiger partial charge in [-0.1, -0.05) is 18.2 Å². The molecule has 0 bridgehead atoms. The minimum Gasteiger partial charge on any atom is -0.506 e. The Morgan fingerprint density at radius 3 is 2.72 bits per heavy atom. The fourth-order valence-corrected chi connectivity index (χ4v) is 4.40. The normalized spacial score (nSPS) is 15.9. The van der Waals surface area contributed by atoms with E-state index in [1.807, 2.05) is 24.3 Å². The van der Waals surface area contributed by atoms with Crippen LogP contribution in [0.2, 0.25) is 0 Å². The Kier molecular flexibility index (Phi) is 8.39. The number of phenols is 1. The smallest absolute Gasteiger partial charge is 0.248 e. The number of pyridine rings is 1. The third kappa shape index (κ3) is 6.52. The van der Waals surface area contributed by atoms with E-state index in [2.05, 4.69) is 39.4 Å². The van der Waals surface area contributed by atoms with E-state index in [0.29, 0.717) is 42.0 Å². The van der Waals surface area contributed by atoms with Gasteiger partial charge in [-0.25, -0.2) is 0 Å². The van der Waals surface area contributed by atoms with Crippen molar-refractivity contribution in [1.29, 1.82) is 0 Å². The molecule has 4 rings (SSSR count). The molecule has 0 spiro atoms. The second-order valence-corrected chi connectivity index (χ2v) is 9.16. The van der Waals surface area contributed by atoms with E-state index in [1.165, 1.54) is 12.1 Å². The predicted octanol–water partition coefficient (Wildman–Crippen LogP) is 2.87. The molecule has 36 heavy (non-hydrogen) atoms. The Morgan fingerprint density at radius 1 is 1.17 bits per heavy atom. The van der Waals surface area contributed by atoms with Gasteiger partial charge in [0, 0.05) is 62.1 Å². The fourth-order valence-electron chi connectivity index (χ4n) is 4.40. The highest BCUT2D eigenvalue weighted by Crippen LogP contribution is 2.28. The van der Waals surface area contributed by atoms with Crippen LogP contribution in [-0.4, -0.2) is 52.2 Å². The van der Waals surface area contributed by atoms with Crippen molar-refractivity contribution < 1.29 is 15.0 Å². The molecule has 0 saturated heterocycles. The van der Waals surface area contributed by atoms with Crippen LogP contribution in [0.4, 0.5) is 5.69 Å². The summed E-state index contributed by atoms with van der Waals surface area (Å²) >= 11 is 0. The number of benzene rings is 2. The van der Waals surface area contributed by atoms with Crippen molar-refractivity contribution in [2.24, 2.45) is 0 Å². The number of amides is 1. The van der Waals surface area contributed by atoms with Gasteiger partial charge in [0.25, 0.3) is 0 Å². The topological polar surface area (TPSA) is 118 Å². The number of hydrogen-bond donors (Lipinski definition) is 5. The Morgan fingerprint density at radius 2 is 1.97 bits per heavy atom. The zero-order valence-electron chi connectivity index (χ0n) is 20.4. The first-order chi connectivity index (χ1) is 17.4. The number of aromatic hydroxyl groups is 1. The van der Waals surface area contributed by atoms with Crippen molar-refractivity contribution in [2.75, 3.05) is 25.5 Å². The van der Waals surface area contributed by atoms with Crippen LogP contribution < -0.4 is 16.2 Å². The molecule has 188 valence electrons. The van der Waals surface area contributed by atoms with Gasteiger partial charge in [-0.3, -0.25) is 9.59 Å². The summed E-state index contributed by atoms with van der Waals surface area (Å²) < 4.78 is 0. The van der Waals surface area contributed by atoms with E-state index in [0.717, 1.165) is 30.5 Å². The predicted molar refractivity (Wildman–Crippen MR) is 141 cm³/mol. The average molecular weight is 489 g/mol. The number of aromatic nitrogens is 1. The number of carbonyl (C=O) groups is 1. The molecule has 0 saturated carbocycles. The van der Waals surface area contributed by atoms with E-state index < -0.39 is 6.10 Å².